The third-order valence-electron chi connectivity index (χ3n) is 6.67. The second kappa shape index (κ2) is 10.0. The van der Waals surface area contributed by atoms with Crippen LogP contribution in [0.15, 0.2) is 30.3 Å². The predicted molar refractivity (Wildman–Crippen MR) is 124 cm³/mol. The van der Waals surface area contributed by atoms with E-state index in [1.807, 2.05) is 17.0 Å². The van der Waals surface area contributed by atoms with Crippen LogP contribution in [0.5, 0.6) is 5.75 Å². The van der Waals surface area contributed by atoms with Crippen molar-refractivity contribution in [1.82, 2.24) is 14.8 Å². The predicted octanol–water partition coefficient (Wildman–Crippen LogP) is 3.49. The number of benzene rings is 1. The highest BCUT2D eigenvalue weighted by molar-refractivity contribution is 5.77. The summed E-state index contributed by atoms with van der Waals surface area (Å²) in [6, 6.07) is 11.0. The van der Waals surface area contributed by atoms with Gasteiger partial charge < -0.3 is 20.6 Å². The molecule has 0 saturated carbocycles. The maximum absolute atomic E-state index is 12.9. The summed E-state index contributed by atoms with van der Waals surface area (Å²) in [6.45, 7) is 4.34. The molecular weight excluding hydrogens is 402 g/mol. The Kier molecular flexibility index (Phi) is 6.91. The number of pyridine rings is 1. The highest BCUT2D eigenvalue weighted by Crippen LogP contribution is 2.36. The topological polar surface area (TPSA) is 106 Å². The number of nitrogens with two attached hydrogens (primary N) is 1. The van der Waals surface area contributed by atoms with Crippen LogP contribution in [-0.4, -0.2) is 58.5 Å². The van der Waals surface area contributed by atoms with Crippen LogP contribution in [0.1, 0.15) is 55.6 Å². The maximum Gasteiger partial charge on any atom is 0.223 e. The van der Waals surface area contributed by atoms with Crippen molar-refractivity contribution in [3.63, 3.8) is 0 Å². The van der Waals surface area contributed by atoms with Crippen LogP contribution in [0.2, 0.25) is 0 Å². The fourth-order valence-corrected chi connectivity index (χ4v) is 4.91. The Morgan fingerprint density at radius 1 is 1.19 bits per heavy atom. The Hall–Kier alpha value is -3.11. The molecule has 32 heavy (non-hydrogen) atoms. The van der Waals surface area contributed by atoms with Crippen LogP contribution in [0.25, 0.3) is 11.3 Å². The van der Waals surface area contributed by atoms with E-state index in [9.17, 15) is 15.2 Å². The lowest BCUT2D eigenvalue weighted by atomic mass is 9.87. The minimum Gasteiger partial charge on any atom is -0.507 e. The number of nitrogens with zero attached hydrogens (tertiary/aromatic N) is 4. The van der Waals surface area contributed by atoms with Crippen molar-refractivity contribution in [1.29, 1.82) is 5.26 Å². The number of phenolic OH excluding ortho intramolecular Hbond substituents is 1. The molecule has 1 amide bonds. The summed E-state index contributed by atoms with van der Waals surface area (Å²) in [5.74, 6) is 0.485. The molecule has 2 aromatic rings. The molecule has 7 nitrogen and oxygen atoms in total. The molecule has 1 unspecified atom stereocenters. The van der Waals surface area contributed by atoms with Crippen LogP contribution in [0, 0.1) is 11.3 Å². The summed E-state index contributed by atoms with van der Waals surface area (Å²) >= 11 is 0. The van der Waals surface area contributed by atoms with Crippen LogP contribution < -0.4 is 5.73 Å². The minimum atomic E-state index is 0.0206. The lowest BCUT2D eigenvalue weighted by Gasteiger charge is -2.34. The van der Waals surface area contributed by atoms with Crippen molar-refractivity contribution in [2.75, 3.05) is 38.5 Å². The fraction of sp³-hybridized carbons (Fsp3) is 0.480. The number of anilines is 1. The number of hydrogen-bond donors (Lipinski definition) is 2. The van der Waals surface area contributed by atoms with Gasteiger partial charge in [0.15, 0.2) is 0 Å². The molecule has 0 spiro atoms. The standard InChI is InChI=1S/C25H31N5O2/c26-16-21-20(15-22(28-25(21)27)19-8-2-3-9-23(19)31)18-7-6-13-30(17-18)24(32)10-14-29-11-4-1-5-12-29/h2-3,8-9,15,18,31H,1,4-7,10-14,17H2,(H2,27,28). The molecule has 7 heteroatoms. The quantitative estimate of drug-likeness (QED) is 0.748. The van der Waals surface area contributed by atoms with E-state index >= 15 is 0 Å². The van der Waals surface area contributed by atoms with Gasteiger partial charge in [-0.05, 0) is 62.5 Å². The third kappa shape index (κ3) is 4.86. The van der Waals surface area contributed by atoms with Gasteiger partial charge in [-0.15, -0.1) is 0 Å². The van der Waals surface area contributed by atoms with Gasteiger partial charge in [-0.1, -0.05) is 18.6 Å². The van der Waals surface area contributed by atoms with Gasteiger partial charge >= 0.3 is 0 Å². The van der Waals surface area contributed by atoms with Crippen molar-refractivity contribution >= 4 is 11.7 Å². The molecule has 1 atom stereocenters. The molecule has 3 heterocycles. The zero-order chi connectivity index (χ0) is 22.5. The van der Waals surface area contributed by atoms with Crippen molar-refractivity contribution in [2.45, 2.75) is 44.4 Å². The van der Waals surface area contributed by atoms with E-state index in [-0.39, 0.29) is 23.4 Å². The molecule has 2 aliphatic heterocycles. The second-order valence-electron chi connectivity index (χ2n) is 8.82. The van der Waals surface area contributed by atoms with E-state index < -0.39 is 0 Å². The van der Waals surface area contributed by atoms with Gasteiger partial charge in [-0.2, -0.15) is 5.26 Å². The minimum absolute atomic E-state index is 0.0206. The second-order valence-corrected chi connectivity index (χ2v) is 8.82. The van der Waals surface area contributed by atoms with Gasteiger partial charge in [0.1, 0.15) is 17.6 Å². The first-order valence-corrected chi connectivity index (χ1v) is 11.6. The van der Waals surface area contributed by atoms with E-state index in [1.165, 1.54) is 19.3 Å². The molecule has 0 aliphatic carbocycles. The number of aromatic hydroxyl groups is 1. The highest BCUT2D eigenvalue weighted by atomic mass is 16.3. The number of nitrogen functional groups attached to an aromatic ring is 1. The van der Waals surface area contributed by atoms with Gasteiger partial charge in [0.2, 0.25) is 5.91 Å². The number of para-hydroxylation sites is 1. The summed E-state index contributed by atoms with van der Waals surface area (Å²) in [5, 5.41) is 20.0. The Bertz CT molecular complexity index is 1010. The van der Waals surface area contributed by atoms with Crippen LogP contribution in [-0.2, 0) is 4.79 Å². The van der Waals surface area contributed by atoms with E-state index in [0.29, 0.717) is 29.8 Å². The first-order valence-electron chi connectivity index (χ1n) is 11.6. The number of amides is 1. The van der Waals surface area contributed by atoms with Crippen LogP contribution in [0.4, 0.5) is 5.82 Å². The molecule has 4 rings (SSSR count). The summed E-state index contributed by atoms with van der Waals surface area (Å²) in [5.41, 5.74) is 8.46. The zero-order valence-corrected chi connectivity index (χ0v) is 18.5. The zero-order valence-electron chi connectivity index (χ0n) is 18.5. The SMILES string of the molecule is N#Cc1c(C2CCCN(C(=O)CCN3CCCCC3)C2)cc(-c2ccccc2O)nc1N. The summed E-state index contributed by atoms with van der Waals surface area (Å²) in [6.07, 6.45) is 6.05. The van der Waals surface area contributed by atoms with E-state index in [4.69, 9.17) is 5.73 Å². The van der Waals surface area contributed by atoms with Gasteiger partial charge in [0, 0.05) is 37.5 Å². The van der Waals surface area contributed by atoms with Crippen LogP contribution in [0.3, 0.4) is 0 Å². The average Bonchev–Trinajstić information content (AvgIpc) is 2.83. The first-order chi connectivity index (χ1) is 15.6. The van der Waals surface area contributed by atoms with E-state index in [2.05, 4.69) is 16.0 Å². The average molecular weight is 434 g/mol. The summed E-state index contributed by atoms with van der Waals surface area (Å²) in [7, 11) is 0. The molecule has 1 aromatic heterocycles. The number of likely N-dealkylation sites (tertiary alicyclic amines) is 2. The lowest BCUT2D eigenvalue weighted by molar-refractivity contribution is -0.132. The molecule has 168 valence electrons. The van der Waals surface area contributed by atoms with Crippen molar-refractivity contribution in [3.8, 4) is 23.1 Å². The molecule has 2 fully saturated rings. The molecule has 0 radical (unpaired) electrons. The number of carbonyl (C=O) groups is 1. The Morgan fingerprint density at radius 2 is 1.97 bits per heavy atom. The smallest absolute Gasteiger partial charge is 0.223 e. The number of aromatic nitrogens is 1. The lowest BCUT2D eigenvalue weighted by Crippen LogP contribution is -2.41. The number of nitriles is 1. The normalized spacial score (nSPS) is 19.5. The Balaban J connectivity index is 1.52. The Labute approximate surface area is 189 Å². The summed E-state index contributed by atoms with van der Waals surface area (Å²) in [4.78, 5) is 21.6. The van der Waals surface area contributed by atoms with Crippen molar-refractivity contribution in [2.24, 2.45) is 0 Å². The number of rotatable bonds is 5. The Morgan fingerprint density at radius 3 is 2.72 bits per heavy atom. The molecule has 1 aromatic carbocycles. The molecule has 2 aliphatic rings. The van der Waals surface area contributed by atoms with Gasteiger partial charge in [0.25, 0.3) is 0 Å². The van der Waals surface area contributed by atoms with Gasteiger partial charge in [0.05, 0.1) is 11.3 Å². The van der Waals surface area contributed by atoms with Gasteiger partial charge in [-0.3, -0.25) is 4.79 Å². The largest absolute Gasteiger partial charge is 0.507 e. The van der Waals surface area contributed by atoms with Crippen LogP contribution >= 0.6 is 0 Å². The van der Waals surface area contributed by atoms with E-state index in [0.717, 1.165) is 44.6 Å². The number of hydrogen-bond acceptors (Lipinski definition) is 6. The number of piperidine rings is 2. The summed E-state index contributed by atoms with van der Waals surface area (Å²) < 4.78 is 0. The van der Waals surface area contributed by atoms with Crippen molar-refractivity contribution in [3.05, 3.63) is 41.5 Å². The van der Waals surface area contributed by atoms with E-state index in [1.54, 1.807) is 18.2 Å². The van der Waals surface area contributed by atoms with Crippen molar-refractivity contribution < 1.29 is 9.90 Å². The molecular formula is C25H31N5O2. The monoisotopic (exact) mass is 433 g/mol. The first kappa shape index (κ1) is 22.1. The molecule has 2 saturated heterocycles. The third-order valence-corrected chi connectivity index (χ3v) is 6.67. The number of phenols is 1. The molecule has 3 N–H and O–H groups in total. The maximum atomic E-state index is 12.9. The fourth-order valence-electron chi connectivity index (χ4n) is 4.91. The highest BCUT2D eigenvalue weighted by Gasteiger charge is 2.28. The number of carbonyl (C=O) groups excluding carboxylic acids is 1. The van der Waals surface area contributed by atoms with Gasteiger partial charge in [-0.25, -0.2) is 4.98 Å². The molecule has 0 bridgehead atoms.